The van der Waals surface area contributed by atoms with Gasteiger partial charge >= 0.3 is 0 Å². The van der Waals surface area contributed by atoms with Gasteiger partial charge in [-0.25, -0.2) is 0 Å². The second kappa shape index (κ2) is 4.52. The molecule has 1 aromatic rings. The van der Waals surface area contributed by atoms with Crippen molar-refractivity contribution in [3.8, 4) is 0 Å². The van der Waals surface area contributed by atoms with E-state index in [1.165, 1.54) is 40.8 Å². The van der Waals surface area contributed by atoms with Gasteiger partial charge < -0.3 is 5.73 Å². The van der Waals surface area contributed by atoms with Gasteiger partial charge in [0.2, 0.25) is 0 Å². The van der Waals surface area contributed by atoms with E-state index >= 15 is 0 Å². The Morgan fingerprint density at radius 2 is 1.76 bits per heavy atom. The van der Waals surface area contributed by atoms with Crippen molar-refractivity contribution in [2.45, 2.75) is 53.4 Å². The fourth-order valence-electron chi connectivity index (χ4n) is 2.63. The number of aryl methyl sites for hydroxylation is 2. The first-order valence-electron chi connectivity index (χ1n) is 6.44. The molecule has 2 N–H and O–H groups in total. The quantitative estimate of drug-likeness (QED) is 0.799. The average Bonchev–Trinajstić information content (AvgIpc) is 2.28. The highest BCUT2D eigenvalue weighted by Crippen LogP contribution is 2.33. The number of aromatic nitrogens is 1. The minimum Gasteiger partial charge on any atom is -0.398 e. The number of nitrogen functional groups attached to an aromatic ring is 1. The number of hydrogen-bond acceptors (Lipinski definition) is 2. The maximum absolute atomic E-state index is 6.37. The number of hydrogen-bond donors (Lipinski definition) is 1. The molecule has 1 aliphatic rings. The third-order valence-electron chi connectivity index (χ3n) is 3.82. The zero-order valence-corrected chi connectivity index (χ0v) is 11.4. The van der Waals surface area contributed by atoms with Crippen molar-refractivity contribution in [1.82, 2.24) is 4.98 Å². The van der Waals surface area contributed by atoms with Gasteiger partial charge in [-0.2, -0.15) is 0 Å². The van der Waals surface area contributed by atoms with Crippen LogP contribution in [-0.2, 0) is 12.8 Å². The van der Waals surface area contributed by atoms with Gasteiger partial charge in [-0.1, -0.05) is 5.57 Å². The lowest BCUT2D eigenvalue weighted by molar-refractivity contribution is 0.667. The normalized spacial score (nSPS) is 14.4. The van der Waals surface area contributed by atoms with Gasteiger partial charge in [0.1, 0.15) is 0 Å². The Morgan fingerprint density at radius 1 is 1.12 bits per heavy atom. The molecule has 2 rings (SSSR count). The largest absolute Gasteiger partial charge is 0.398 e. The van der Waals surface area contributed by atoms with Crippen molar-refractivity contribution in [3.05, 3.63) is 28.1 Å². The summed E-state index contributed by atoms with van der Waals surface area (Å²) in [6.07, 6.45) is 4.68. The van der Waals surface area contributed by atoms with E-state index in [9.17, 15) is 0 Å². The molecule has 0 fully saturated rings. The molecule has 2 heteroatoms. The number of rotatable bonds is 1. The Morgan fingerprint density at radius 3 is 2.41 bits per heavy atom. The Hall–Kier alpha value is -1.31. The molecule has 1 aliphatic carbocycles. The van der Waals surface area contributed by atoms with Crippen molar-refractivity contribution in [2.75, 3.05) is 5.73 Å². The highest BCUT2D eigenvalue weighted by atomic mass is 14.8. The predicted molar refractivity (Wildman–Crippen MR) is 74.0 cm³/mol. The fourth-order valence-corrected chi connectivity index (χ4v) is 2.63. The molecule has 0 spiro atoms. The van der Waals surface area contributed by atoms with E-state index in [-0.39, 0.29) is 0 Å². The third-order valence-corrected chi connectivity index (χ3v) is 3.82. The van der Waals surface area contributed by atoms with Gasteiger partial charge in [0.05, 0.1) is 0 Å². The molecule has 0 atom stereocenters. The standard InChI is InChI=1S/C15H22N2/c1-9(2)10(3)14-11(4)17-13-8-6-5-7-12(13)15(14)16/h5-8H2,1-4H3,(H2,16,17). The highest BCUT2D eigenvalue weighted by Gasteiger charge is 2.19. The van der Waals surface area contributed by atoms with Crippen LogP contribution in [0.2, 0.25) is 0 Å². The Labute approximate surface area is 104 Å². The highest BCUT2D eigenvalue weighted by molar-refractivity contribution is 5.79. The Balaban J connectivity index is 2.65. The molecule has 1 aromatic heterocycles. The number of fused-ring (bicyclic) bond motifs is 1. The van der Waals surface area contributed by atoms with Crippen LogP contribution >= 0.6 is 0 Å². The monoisotopic (exact) mass is 230 g/mol. The number of nitrogens with two attached hydrogens (primary N) is 1. The maximum atomic E-state index is 6.37. The van der Waals surface area contributed by atoms with Crippen LogP contribution in [-0.4, -0.2) is 4.98 Å². The minimum absolute atomic E-state index is 0.978. The van der Waals surface area contributed by atoms with Gasteiger partial charge in [0, 0.05) is 22.6 Å². The van der Waals surface area contributed by atoms with Crippen LogP contribution < -0.4 is 5.73 Å². The van der Waals surface area contributed by atoms with E-state index in [2.05, 4.69) is 27.7 Å². The zero-order valence-electron chi connectivity index (χ0n) is 11.4. The summed E-state index contributed by atoms with van der Waals surface area (Å²) in [6, 6.07) is 0. The molecule has 1 heterocycles. The summed E-state index contributed by atoms with van der Waals surface area (Å²) >= 11 is 0. The van der Waals surface area contributed by atoms with Crippen LogP contribution in [0.4, 0.5) is 5.69 Å². The van der Waals surface area contributed by atoms with Gasteiger partial charge in [-0.05, 0) is 64.5 Å². The molecule has 92 valence electrons. The lowest BCUT2D eigenvalue weighted by atomic mass is 9.89. The summed E-state index contributed by atoms with van der Waals surface area (Å²) in [6.45, 7) is 8.49. The van der Waals surface area contributed by atoms with Crippen molar-refractivity contribution in [1.29, 1.82) is 0 Å². The van der Waals surface area contributed by atoms with E-state index in [0.29, 0.717) is 0 Å². The van der Waals surface area contributed by atoms with Crippen LogP contribution in [0.15, 0.2) is 5.57 Å². The molecular formula is C15H22N2. The van der Waals surface area contributed by atoms with Crippen molar-refractivity contribution >= 4 is 11.3 Å². The summed E-state index contributed by atoms with van der Waals surface area (Å²) in [7, 11) is 0. The number of nitrogens with zero attached hydrogens (tertiary/aromatic N) is 1. The van der Waals surface area contributed by atoms with Crippen molar-refractivity contribution in [3.63, 3.8) is 0 Å². The average molecular weight is 230 g/mol. The summed E-state index contributed by atoms with van der Waals surface area (Å²) < 4.78 is 0. The molecule has 0 bridgehead atoms. The topological polar surface area (TPSA) is 38.9 Å². The molecule has 0 saturated carbocycles. The Kier molecular flexibility index (Phi) is 3.23. The van der Waals surface area contributed by atoms with Gasteiger partial charge in [-0.3, -0.25) is 4.98 Å². The van der Waals surface area contributed by atoms with Crippen LogP contribution in [0.5, 0.6) is 0 Å². The molecule has 0 aliphatic heterocycles. The number of allylic oxidation sites excluding steroid dienone is 2. The van der Waals surface area contributed by atoms with Crippen molar-refractivity contribution in [2.24, 2.45) is 0 Å². The van der Waals surface area contributed by atoms with Gasteiger partial charge in [-0.15, -0.1) is 0 Å². The lowest BCUT2D eigenvalue weighted by Crippen LogP contribution is -2.12. The Bertz CT molecular complexity index is 480. The van der Waals surface area contributed by atoms with Crippen LogP contribution in [0.25, 0.3) is 5.57 Å². The zero-order chi connectivity index (χ0) is 12.6. The summed E-state index contributed by atoms with van der Waals surface area (Å²) in [5.41, 5.74) is 14.7. The summed E-state index contributed by atoms with van der Waals surface area (Å²) in [5, 5.41) is 0. The maximum Gasteiger partial charge on any atom is 0.0471 e. The first-order valence-corrected chi connectivity index (χ1v) is 6.44. The van der Waals surface area contributed by atoms with E-state index in [0.717, 1.165) is 24.2 Å². The minimum atomic E-state index is 0.978. The van der Waals surface area contributed by atoms with Crippen LogP contribution in [0.1, 0.15) is 56.1 Å². The molecule has 0 aromatic carbocycles. The molecule has 17 heavy (non-hydrogen) atoms. The molecule has 0 unspecified atom stereocenters. The van der Waals surface area contributed by atoms with Crippen LogP contribution in [0.3, 0.4) is 0 Å². The molecule has 2 nitrogen and oxygen atoms in total. The second-order valence-electron chi connectivity index (χ2n) is 5.24. The van der Waals surface area contributed by atoms with Gasteiger partial charge in [0.15, 0.2) is 0 Å². The first-order chi connectivity index (χ1) is 8.02. The summed E-state index contributed by atoms with van der Waals surface area (Å²) in [5.74, 6) is 0. The summed E-state index contributed by atoms with van der Waals surface area (Å²) in [4.78, 5) is 4.76. The molecule has 0 radical (unpaired) electrons. The van der Waals surface area contributed by atoms with Crippen molar-refractivity contribution < 1.29 is 0 Å². The van der Waals surface area contributed by atoms with E-state index in [1.54, 1.807) is 0 Å². The van der Waals surface area contributed by atoms with Gasteiger partial charge in [0.25, 0.3) is 0 Å². The predicted octanol–water partition coefficient (Wildman–Crippen LogP) is 3.66. The molecule has 0 saturated heterocycles. The second-order valence-corrected chi connectivity index (χ2v) is 5.24. The van der Waals surface area contributed by atoms with Crippen LogP contribution in [0, 0.1) is 6.92 Å². The van der Waals surface area contributed by atoms with E-state index < -0.39 is 0 Å². The number of anilines is 1. The third kappa shape index (κ3) is 2.08. The fraction of sp³-hybridized carbons (Fsp3) is 0.533. The SMILES string of the molecule is CC(C)=C(C)c1c(C)nc2c(c1N)CCCC2. The number of pyridine rings is 1. The molecule has 0 amide bonds. The smallest absolute Gasteiger partial charge is 0.0471 e. The van der Waals surface area contributed by atoms with E-state index in [4.69, 9.17) is 10.7 Å². The van der Waals surface area contributed by atoms with E-state index in [1.807, 2.05) is 0 Å². The molecular weight excluding hydrogens is 208 g/mol. The first kappa shape index (κ1) is 12.2. The lowest BCUT2D eigenvalue weighted by Gasteiger charge is -2.21.